The van der Waals surface area contributed by atoms with Gasteiger partial charge >= 0.3 is 0 Å². The van der Waals surface area contributed by atoms with Crippen molar-refractivity contribution in [3.05, 3.63) is 12.4 Å². The van der Waals surface area contributed by atoms with Crippen LogP contribution in [0.3, 0.4) is 0 Å². The van der Waals surface area contributed by atoms with Crippen LogP contribution in [0, 0.1) is 0 Å². The topological polar surface area (TPSA) is 6.48 Å². The average Bonchev–Trinajstić information content (AvgIpc) is 3.15. The van der Waals surface area contributed by atoms with E-state index in [0.29, 0.717) is 6.17 Å². The quantitative estimate of drug-likeness (QED) is 0.161. The van der Waals surface area contributed by atoms with Gasteiger partial charge in [0.1, 0.15) is 6.17 Å². The molecule has 0 saturated heterocycles. The fraction of sp³-hybridized carbons (Fsp3) is 0.929. The molecule has 1 aliphatic heterocycles. The van der Waals surface area contributed by atoms with Crippen LogP contribution in [-0.2, 0) is 0 Å². The molecule has 30 heavy (non-hydrogen) atoms. The van der Waals surface area contributed by atoms with Gasteiger partial charge in [0.05, 0.1) is 0 Å². The second-order valence-electron chi connectivity index (χ2n) is 9.65. The van der Waals surface area contributed by atoms with E-state index in [1.807, 2.05) is 0 Å². The predicted molar refractivity (Wildman–Crippen MR) is 136 cm³/mol. The van der Waals surface area contributed by atoms with E-state index in [0.717, 1.165) is 6.54 Å². The summed E-state index contributed by atoms with van der Waals surface area (Å²) < 4.78 is 0. The Balaban J connectivity index is 2.02. The van der Waals surface area contributed by atoms with Crippen molar-refractivity contribution < 1.29 is 0 Å². The number of hydrogen-bond acceptors (Lipinski definition) is 2. The molecular weight excluding hydrogens is 364 g/mol. The van der Waals surface area contributed by atoms with Crippen LogP contribution < -0.4 is 0 Å². The standard InChI is InChI=1S/C28H56N2/c1-4-7-9-11-13-14-15-16-17-18-20-22-24-28-29(6-3)26-27-30(28)25-23-21-19-12-10-8-5-2/h26-28H,4-25H2,1-3H3. The first kappa shape index (κ1) is 27.4. The summed E-state index contributed by atoms with van der Waals surface area (Å²) in [5.74, 6) is 0. The molecule has 1 unspecified atom stereocenters. The average molecular weight is 421 g/mol. The zero-order chi connectivity index (χ0) is 21.7. The summed E-state index contributed by atoms with van der Waals surface area (Å²) in [6.45, 7) is 9.31. The zero-order valence-corrected chi connectivity index (χ0v) is 21.2. The second-order valence-corrected chi connectivity index (χ2v) is 9.65. The van der Waals surface area contributed by atoms with Crippen molar-refractivity contribution in [2.24, 2.45) is 0 Å². The Bertz CT molecular complexity index is 379. The monoisotopic (exact) mass is 420 g/mol. The number of rotatable bonds is 22. The predicted octanol–water partition coefficient (Wildman–Crippen LogP) is 9.26. The molecule has 2 heteroatoms. The Hall–Kier alpha value is -0.660. The number of hydrogen-bond donors (Lipinski definition) is 0. The summed E-state index contributed by atoms with van der Waals surface area (Å²) in [5.41, 5.74) is 0. The molecular formula is C28H56N2. The third-order valence-electron chi connectivity index (χ3n) is 6.92. The molecule has 0 spiro atoms. The summed E-state index contributed by atoms with van der Waals surface area (Å²) >= 11 is 0. The van der Waals surface area contributed by atoms with E-state index in [2.05, 4.69) is 43.0 Å². The number of unbranched alkanes of at least 4 members (excludes halogenated alkanes) is 17. The van der Waals surface area contributed by atoms with Crippen LogP contribution in [0.4, 0.5) is 0 Å². The Morgan fingerprint density at radius 3 is 1.33 bits per heavy atom. The normalized spacial score (nSPS) is 16.2. The van der Waals surface area contributed by atoms with Gasteiger partial charge in [0, 0.05) is 25.5 Å². The van der Waals surface area contributed by atoms with Crippen molar-refractivity contribution in [3.8, 4) is 0 Å². The van der Waals surface area contributed by atoms with Gasteiger partial charge in [0.2, 0.25) is 0 Å². The minimum Gasteiger partial charge on any atom is -0.356 e. The largest absolute Gasteiger partial charge is 0.356 e. The van der Waals surface area contributed by atoms with E-state index in [4.69, 9.17) is 0 Å². The van der Waals surface area contributed by atoms with Gasteiger partial charge in [-0.05, 0) is 26.2 Å². The highest BCUT2D eigenvalue weighted by molar-refractivity contribution is 4.96. The van der Waals surface area contributed by atoms with E-state index in [-0.39, 0.29) is 0 Å². The molecule has 178 valence electrons. The molecule has 1 rings (SSSR count). The maximum atomic E-state index is 2.63. The molecule has 0 bridgehead atoms. The summed E-state index contributed by atoms with van der Waals surface area (Å²) in [4.78, 5) is 5.19. The van der Waals surface area contributed by atoms with Crippen LogP contribution in [0.2, 0.25) is 0 Å². The molecule has 2 nitrogen and oxygen atoms in total. The summed E-state index contributed by atoms with van der Waals surface area (Å²) in [5, 5.41) is 0. The van der Waals surface area contributed by atoms with Crippen LogP contribution in [0.25, 0.3) is 0 Å². The van der Waals surface area contributed by atoms with Crippen LogP contribution in [0.15, 0.2) is 12.4 Å². The first-order valence-corrected chi connectivity index (χ1v) is 14.0. The lowest BCUT2D eigenvalue weighted by molar-refractivity contribution is 0.142. The molecule has 0 fully saturated rings. The molecule has 0 aromatic carbocycles. The highest BCUT2D eigenvalue weighted by atomic mass is 15.4. The summed E-state index contributed by atoms with van der Waals surface area (Å²) in [6, 6.07) is 0. The summed E-state index contributed by atoms with van der Waals surface area (Å²) in [6.07, 6.45) is 33.8. The van der Waals surface area contributed by atoms with E-state index in [9.17, 15) is 0 Å². The zero-order valence-electron chi connectivity index (χ0n) is 21.2. The molecule has 0 aromatic heterocycles. The van der Waals surface area contributed by atoms with Gasteiger partial charge in [-0.25, -0.2) is 0 Å². The lowest BCUT2D eigenvalue weighted by atomic mass is 10.0. The molecule has 1 atom stereocenters. The van der Waals surface area contributed by atoms with Crippen molar-refractivity contribution in [1.29, 1.82) is 0 Å². The van der Waals surface area contributed by atoms with Crippen molar-refractivity contribution in [2.45, 2.75) is 155 Å². The Labute approximate surface area is 190 Å². The molecule has 0 amide bonds. The van der Waals surface area contributed by atoms with Crippen molar-refractivity contribution in [1.82, 2.24) is 9.80 Å². The Morgan fingerprint density at radius 1 is 0.467 bits per heavy atom. The van der Waals surface area contributed by atoms with E-state index in [1.54, 1.807) is 0 Å². The lowest BCUT2D eigenvalue weighted by Gasteiger charge is -2.32. The molecule has 0 N–H and O–H groups in total. The van der Waals surface area contributed by atoms with Crippen LogP contribution in [0.1, 0.15) is 149 Å². The Kier molecular flexibility index (Phi) is 18.5. The van der Waals surface area contributed by atoms with Gasteiger partial charge in [-0.15, -0.1) is 0 Å². The van der Waals surface area contributed by atoms with Crippen molar-refractivity contribution in [3.63, 3.8) is 0 Å². The SMILES string of the molecule is CCCCCCCCCCCCCCC1N(CC)C=CN1CCCCCCCCC. The molecule has 0 aliphatic carbocycles. The fourth-order valence-corrected chi connectivity index (χ4v) is 4.85. The van der Waals surface area contributed by atoms with E-state index in [1.165, 1.54) is 135 Å². The minimum absolute atomic E-state index is 0.637. The van der Waals surface area contributed by atoms with Crippen molar-refractivity contribution >= 4 is 0 Å². The molecule has 1 aliphatic rings. The van der Waals surface area contributed by atoms with Gasteiger partial charge in [-0.3, -0.25) is 0 Å². The first-order valence-electron chi connectivity index (χ1n) is 14.0. The molecule has 0 aromatic rings. The van der Waals surface area contributed by atoms with E-state index >= 15 is 0 Å². The van der Waals surface area contributed by atoms with Crippen molar-refractivity contribution in [2.75, 3.05) is 13.1 Å². The van der Waals surface area contributed by atoms with Crippen LogP contribution in [0.5, 0.6) is 0 Å². The van der Waals surface area contributed by atoms with Gasteiger partial charge < -0.3 is 9.80 Å². The second kappa shape index (κ2) is 20.3. The van der Waals surface area contributed by atoms with Gasteiger partial charge in [-0.1, -0.05) is 123 Å². The third kappa shape index (κ3) is 13.6. The summed E-state index contributed by atoms with van der Waals surface area (Å²) in [7, 11) is 0. The smallest absolute Gasteiger partial charge is 0.101 e. The number of nitrogens with zero attached hydrogens (tertiary/aromatic N) is 2. The maximum absolute atomic E-state index is 2.63. The maximum Gasteiger partial charge on any atom is 0.101 e. The van der Waals surface area contributed by atoms with Crippen LogP contribution >= 0.6 is 0 Å². The highest BCUT2D eigenvalue weighted by Crippen LogP contribution is 2.22. The van der Waals surface area contributed by atoms with Gasteiger partial charge in [0.15, 0.2) is 0 Å². The molecule has 0 saturated carbocycles. The molecule has 0 radical (unpaired) electrons. The molecule has 1 heterocycles. The van der Waals surface area contributed by atoms with Crippen LogP contribution in [-0.4, -0.2) is 29.1 Å². The fourth-order valence-electron chi connectivity index (χ4n) is 4.85. The highest BCUT2D eigenvalue weighted by Gasteiger charge is 2.23. The lowest BCUT2D eigenvalue weighted by Crippen LogP contribution is -2.38. The third-order valence-corrected chi connectivity index (χ3v) is 6.92. The first-order chi connectivity index (χ1) is 14.8. The van der Waals surface area contributed by atoms with Gasteiger partial charge in [0.25, 0.3) is 0 Å². The van der Waals surface area contributed by atoms with Gasteiger partial charge in [-0.2, -0.15) is 0 Å². The minimum atomic E-state index is 0.637. The van der Waals surface area contributed by atoms with E-state index < -0.39 is 0 Å². The Morgan fingerprint density at radius 2 is 0.867 bits per heavy atom.